The number of rotatable bonds is 7. The highest BCUT2D eigenvalue weighted by Gasteiger charge is 2.42. The van der Waals surface area contributed by atoms with Gasteiger partial charge in [-0.25, -0.2) is 19.0 Å². The maximum absolute atomic E-state index is 15.0. The molecule has 1 saturated carbocycles. The Morgan fingerprint density at radius 2 is 1.78 bits per heavy atom. The second-order valence-corrected chi connectivity index (χ2v) is 8.29. The van der Waals surface area contributed by atoms with Crippen LogP contribution in [0.25, 0.3) is 11.3 Å². The normalized spacial score (nSPS) is 14.6. The Balaban J connectivity index is 1.48. The molecule has 3 N–H and O–H groups in total. The van der Waals surface area contributed by atoms with Crippen molar-refractivity contribution in [2.45, 2.75) is 31.0 Å². The zero-order valence-corrected chi connectivity index (χ0v) is 18.7. The number of carboxylic acid groups (broad SMARTS) is 1. The van der Waals surface area contributed by atoms with Crippen molar-refractivity contribution < 1.29 is 37.0 Å². The summed E-state index contributed by atoms with van der Waals surface area (Å²) in [6, 6.07) is 12.5. The lowest BCUT2D eigenvalue weighted by Crippen LogP contribution is -2.39. The van der Waals surface area contributed by atoms with Gasteiger partial charge in [0.05, 0.1) is 16.9 Å². The van der Waals surface area contributed by atoms with E-state index in [0.717, 1.165) is 18.6 Å². The van der Waals surface area contributed by atoms with Crippen LogP contribution in [0.4, 0.5) is 33.9 Å². The molecule has 188 valence electrons. The number of hydrogen-bond donors (Lipinski definition) is 3. The molecule has 7 nitrogen and oxygen atoms in total. The molecule has 1 fully saturated rings. The van der Waals surface area contributed by atoms with Crippen LogP contribution < -0.4 is 10.6 Å². The van der Waals surface area contributed by atoms with Gasteiger partial charge in [-0.05, 0) is 55.7 Å². The fourth-order valence-electron chi connectivity index (χ4n) is 3.95. The van der Waals surface area contributed by atoms with Crippen molar-refractivity contribution in [2.24, 2.45) is 0 Å². The van der Waals surface area contributed by atoms with E-state index in [1.807, 2.05) is 0 Å². The molecule has 11 heteroatoms. The lowest BCUT2D eigenvalue weighted by Gasteiger charge is -2.41. The Kier molecular flexibility index (Phi) is 6.93. The second-order valence-electron chi connectivity index (χ2n) is 8.29. The van der Waals surface area contributed by atoms with Crippen molar-refractivity contribution in [3.63, 3.8) is 0 Å². The summed E-state index contributed by atoms with van der Waals surface area (Å²) < 4.78 is 59.2. The van der Waals surface area contributed by atoms with Crippen molar-refractivity contribution in [2.75, 3.05) is 17.2 Å². The minimum absolute atomic E-state index is 0.0498. The van der Waals surface area contributed by atoms with Crippen LogP contribution in [0.1, 0.15) is 30.4 Å². The van der Waals surface area contributed by atoms with Crippen LogP contribution in [-0.4, -0.2) is 28.7 Å². The molecule has 3 aromatic rings. The van der Waals surface area contributed by atoms with E-state index in [9.17, 15) is 22.8 Å². The molecule has 0 bridgehead atoms. The molecule has 1 aliphatic carbocycles. The Morgan fingerprint density at radius 1 is 1.03 bits per heavy atom. The van der Waals surface area contributed by atoms with Gasteiger partial charge in [-0.3, -0.25) is 5.32 Å². The molecule has 0 atom stereocenters. The van der Waals surface area contributed by atoms with Gasteiger partial charge >= 0.3 is 18.2 Å². The lowest BCUT2D eigenvalue weighted by atomic mass is 9.74. The molecule has 36 heavy (non-hydrogen) atoms. The average molecular weight is 503 g/mol. The number of alkyl halides is 3. The summed E-state index contributed by atoms with van der Waals surface area (Å²) in [6.07, 6.45) is -2.74. The SMILES string of the molecule is O=C(O)COC1(c2ccc(-c3cccc(NC(=O)Nc4cccc(C(F)(F)F)c4)n3)cc2F)CCC1. The first-order valence-electron chi connectivity index (χ1n) is 10.9. The first-order chi connectivity index (χ1) is 17.1. The van der Waals surface area contributed by atoms with Gasteiger partial charge in [0.2, 0.25) is 0 Å². The number of amides is 2. The van der Waals surface area contributed by atoms with Crippen LogP contribution in [0.3, 0.4) is 0 Å². The first kappa shape index (κ1) is 25.1. The first-order valence-corrected chi connectivity index (χ1v) is 10.9. The number of aromatic nitrogens is 1. The van der Waals surface area contributed by atoms with E-state index in [1.165, 1.54) is 30.3 Å². The quantitative estimate of drug-likeness (QED) is 0.342. The van der Waals surface area contributed by atoms with Gasteiger partial charge in [0, 0.05) is 16.8 Å². The maximum Gasteiger partial charge on any atom is 0.416 e. The average Bonchev–Trinajstić information content (AvgIpc) is 2.78. The van der Waals surface area contributed by atoms with Crippen LogP contribution in [0, 0.1) is 5.82 Å². The van der Waals surface area contributed by atoms with Crippen molar-refractivity contribution in [1.29, 1.82) is 0 Å². The highest BCUT2D eigenvalue weighted by molar-refractivity contribution is 5.99. The Labute approximate surface area is 203 Å². The summed E-state index contributed by atoms with van der Waals surface area (Å²) in [5.41, 5.74) is -0.903. The third-order valence-electron chi connectivity index (χ3n) is 5.83. The monoisotopic (exact) mass is 503 g/mol. The number of pyridine rings is 1. The topological polar surface area (TPSA) is 101 Å². The molecule has 1 aromatic heterocycles. The molecule has 4 rings (SSSR count). The van der Waals surface area contributed by atoms with E-state index in [2.05, 4.69) is 15.6 Å². The van der Waals surface area contributed by atoms with E-state index in [0.29, 0.717) is 24.1 Å². The molecular formula is C25H21F4N3O4. The zero-order chi connectivity index (χ0) is 25.9. The standard InChI is InChI=1S/C25H21F4N3O4/c26-19-12-15(8-9-18(19)24(10-3-11-24)36-14-22(33)34)20-6-2-7-21(31-20)32-23(35)30-17-5-1-4-16(13-17)25(27,28)29/h1-2,4-9,12-13H,3,10-11,14H2,(H,33,34)(H2,30,31,32,35). The molecule has 0 saturated heterocycles. The maximum atomic E-state index is 15.0. The molecular weight excluding hydrogens is 482 g/mol. The van der Waals surface area contributed by atoms with E-state index >= 15 is 4.39 Å². The number of carbonyl (C=O) groups excluding carboxylic acids is 1. The third kappa shape index (κ3) is 5.62. The number of halogens is 4. The largest absolute Gasteiger partial charge is 0.480 e. The minimum atomic E-state index is -4.55. The number of nitrogens with zero attached hydrogens (tertiary/aromatic N) is 1. The van der Waals surface area contributed by atoms with Crippen molar-refractivity contribution in [1.82, 2.24) is 4.98 Å². The van der Waals surface area contributed by atoms with E-state index < -0.39 is 41.8 Å². The summed E-state index contributed by atoms with van der Waals surface area (Å²) in [6.45, 7) is -0.529. The molecule has 2 aromatic carbocycles. The number of ether oxygens (including phenoxy) is 1. The number of anilines is 2. The molecule has 0 spiro atoms. The fourth-order valence-corrected chi connectivity index (χ4v) is 3.95. The van der Waals surface area contributed by atoms with Gasteiger partial charge in [0.25, 0.3) is 0 Å². The summed E-state index contributed by atoms with van der Waals surface area (Å²) in [7, 11) is 0. The molecule has 2 amide bonds. The molecule has 1 aliphatic rings. The summed E-state index contributed by atoms with van der Waals surface area (Å²) >= 11 is 0. The molecule has 0 radical (unpaired) electrons. The van der Waals surface area contributed by atoms with Gasteiger partial charge in [0.15, 0.2) is 0 Å². The fraction of sp³-hybridized carbons (Fsp3) is 0.240. The van der Waals surface area contributed by atoms with Gasteiger partial charge < -0.3 is 15.2 Å². The highest BCUT2D eigenvalue weighted by atomic mass is 19.4. The number of hydrogen-bond acceptors (Lipinski definition) is 4. The summed E-state index contributed by atoms with van der Waals surface area (Å²) in [4.78, 5) is 27.5. The van der Waals surface area contributed by atoms with Gasteiger partial charge in [-0.1, -0.05) is 24.3 Å². The lowest BCUT2D eigenvalue weighted by molar-refractivity contribution is -0.159. The number of urea groups is 1. The van der Waals surface area contributed by atoms with Crippen LogP contribution >= 0.6 is 0 Å². The van der Waals surface area contributed by atoms with Crippen molar-refractivity contribution in [3.8, 4) is 11.3 Å². The zero-order valence-electron chi connectivity index (χ0n) is 18.7. The second kappa shape index (κ2) is 9.94. The van der Waals surface area contributed by atoms with Crippen molar-refractivity contribution >= 4 is 23.5 Å². The molecule has 0 unspecified atom stereocenters. The van der Waals surface area contributed by atoms with Crippen LogP contribution in [0.5, 0.6) is 0 Å². The third-order valence-corrected chi connectivity index (χ3v) is 5.83. The van der Waals surface area contributed by atoms with Gasteiger partial charge in [-0.2, -0.15) is 13.2 Å². The number of carbonyl (C=O) groups is 2. The van der Waals surface area contributed by atoms with E-state index in [4.69, 9.17) is 9.84 Å². The Morgan fingerprint density at radius 3 is 2.42 bits per heavy atom. The summed E-state index contributed by atoms with van der Waals surface area (Å²) in [5.74, 6) is -1.61. The smallest absolute Gasteiger partial charge is 0.416 e. The number of carboxylic acids is 1. The number of benzene rings is 2. The van der Waals surface area contributed by atoms with Crippen LogP contribution in [0.15, 0.2) is 60.7 Å². The summed E-state index contributed by atoms with van der Waals surface area (Å²) in [5, 5.41) is 13.7. The molecule has 1 heterocycles. The van der Waals surface area contributed by atoms with Gasteiger partial charge in [-0.15, -0.1) is 0 Å². The van der Waals surface area contributed by atoms with E-state index in [-0.39, 0.29) is 17.1 Å². The van der Waals surface area contributed by atoms with Crippen LogP contribution in [-0.2, 0) is 21.3 Å². The molecule has 0 aliphatic heterocycles. The van der Waals surface area contributed by atoms with Crippen molar-refractivity contribution in [3.05, 3.63) is 77.6 Å². The van der Waals surface area contributed by atoms with Crippen LogP contribution in [0.2, 0.25) is 0 Å². The minimum Gasteiger partial charge on any atom is -0.480 e. The number of aliphatic carboxylic acids is 1. The predicted molar refractivity (Wildman–Crippen MR) is 123 cm³/mol. The van der Waals surface area contributed by atoms with E-state index in [1.54, 1.807) is 18.2 Å². The Bertz CT molecular complexity index is 1290. The highest BCUT2D eigenvalue weighted by Crippen LogP contribution is 2.46. The van der Waals surface area contributed by atoms with Gasteiger partial charge in [0.1, 0.15) is 18.2 Å². The predicted octanol–water partition coefficient (Wildman–Crippen LogP) is 6.03. The number of nitrogens with one attached hydrogen (secondary N) is 2. The Hall–Kier alpha value is -3.99.